The molecule has 1 unspecified atom stereocenters. The Morgan fingerprint density at radius 2 is 0.824 bits per heavy atom. The minimum absolute atomic E-state index is 0.0319. The summed E-state index contributed by atoms with van der Waals surface area (Å²) in [5.41, 5.74) is 15.8. The van der Waals surface area contributed by atoms with Crippen LogP contribution < -0.4 is 23.7 Å². The largest absolute Gasteiger partial charge is 0.497 e. The fourth-order valence-electron chi connectivity index (χ4n) is 12.1. The summed E-state index contributed by atoms with van der Waals surface area (Å²) >= 11 is 0. The highest BCUT2D eigenvalue weighted by Gasteiger charge is 2.33. The van der Waals surface area contributed by atoms with Gasteiger partial charge in [0, 0.05) is 22.3 Å². The Balaban J connectivity index is 0.000000198. The van der Waals surface area contributed by atoms with Gasteiger partial charge in [-0.2, -0.15) is 0 Å². The van der Waals surface area contributed by atoms with E-state index in [1.807, 2.05) is 43.5 Å². The average Bonchev–Trinajstić information content (AvgIpc) is 3.46. The van der Waals surface area contributed by atoms with Gasteiger partial charge in [-0.25, -0.2) is 0 Å². The molecule has 388 valence electrons. The van der Waals surface area contributed by atoms with Crippen LogP contribution in [-0.2, 0) is 17.4 Å². The van der Waals surface area contributed by atoms with E-state index in [1.165, 1.54) is 131 Å². The van der Waals surface area contributed by atoms with E-state index in [0.29, 0.717) is 11.8 Å². The molecule has 7 aromatic rings. The molecule has 2 fully saturated rings. The van der Waals surface area contributed by atoms with E-state index in [2.05, 4.69) is 144 Å². The Kier molecular flexibility index (Phi) is 17.6. The van der Waals surface area contributed by atoms with Crippen molar-refractivity contribution in [2.75, 3.05) is 35.5 Å². The zero-order chi connectivity index (χ0) is 52.4. The van der Waals surface area contributed by atoms with Crippen molar-refractivity contribution in [3.05, 3.63) is 218 Å². The van der Waals surface area contributed by atoms with Crippen LogP contribution in [0.1, 0.15) is 175 Å². The molecule has 2 aliphatic rings. The van der Waals surface area contributed by atoms with Crippen molar-refractivity contribution >= 4 is 0 Å². The Morgan fingerprint density at radius 1 is 0.432 bits per heavy atom. The van der Waals surface area contributed by atoms with Crippen LogP contribution in [0.25, 0.3) is 0 Å². The van der Waals surface area contributed by atoms with Gasteiger partial charge in [0.2, 0.25) is 0 Å². The molecule has 0 amide bonds. The second kappa shape index (κ2) is 24.2. The summed E-state index contributed by atoms with van der Waals surface area (Å²) in [5.74, 6) is 5.61. The van der Waals surface area contributed by atoms with Crippen LogP contribution in [0.15, 0.2) is 146 Å². The highest BCUT2D eigenvalue weighted by atomic mass is 16.5. The maximum Gasteiger partial charge on any atom is 0.123 e. The molecule has 0 heterocycles. The predicted octanol–water partition coefficient (Wildman–Crippen LogP) is 16.5. The average molecular weight is 993 g/mol. The lowest BCUT2D eigenvalue weighted by atomic mass is 9.70. The predicted molar refractivity (Wildman–Crippen MR) is 304 cm³/mol. The van der Waals surface area contributed by atoms with Crippen molar-refractivity contribution in [1.82, 2.24) is 0 Å². The fraction of sp³-hybridized carbons (Fsp3) is 0.382. The van der Waals surface area contributed by atoms with Crippen LogP contribution in [-0.4, -0.2) is 40.7 Å². The molecule has 74 heavy (non-hydrogen) atoms. The third-order valence-corrected chi connectivity index (χ3v) is 16.8. The number of aryl methyl sites for hydroxylation is 2. The van der Waals surface area contributed by atoms with Crippen LogP contribution in [0.2, 0.25) is 0 Å². The smallest absolute Gasteiger partial charge is 0.123 e. The number of methoxy groups -OCH3 is 5. The summed E-state index contributed by atoms with van der Waals surface area (Å²) in [4.78, 5) is 0. The number of hydrogen-bond acceptors (Lipinski definition) is 6. The lowest BCUT2D eigenvalue weighted by molar-refractivity contribution is 0.278. The Morgan fingerprint density at radius 3 is 1.27 bits per heavy atom. The van der Waals surface area contributed by atoms with Gasteiger partial charge in [-0.1, -0.05) is 149 Å². The summed E-state index contributed by atoms with van der Waals surface area (Å²) in [7, 11) is 8.68. The number of para-hydroxylation sites is 1. The van der Waals surface area contributed by atoms with Gasteiger partial charge in [0.1, 0.15) is 28.7 Å². The first kappa shape index (κ1) is 53.8. The monoisotopic (exact) mass is 993 g/mol. The molecule has 0 radical (unpaired) electrons. The first-order valence-corrected chi connectivity index (χ1v) is 27.0. The van der Waals surface area contributed by atoms with E-state index in [4.69, 9.17) is 23.7 Å². The summed E-state index contributed by atoms with van der Waals surface area (Å²) in [6.07, 6.45) is 12.7. The molecule has 1 atom stereocenters. The highest BCUT2D eigenvalue weighted by molar-refractivity contribution is 5.58. The van der Waals surface area contributed by atoms with E-state index in [1.54, 1.807) is 28.4 Å². The third kappa shape index (κ3) is 11.4. The zero-order valence-electron chi connectivity index (χ0n) is 45.9. The van der Waals surface area contributed by atoms with E-state index >= 15 is 0 Å². The number of hydrogen-bond donors (Lipinski definition) is 1. The molecule has 0 saturated heterocycles. The first-order chi connectivity index (χ1) is 35.9. The number of rotatable bonds is 16. The van der Waals surface area contributed by atoms with Gasteiger partial charge in [0.05, 0.1) is 42.2 Å². The highest BCUT2D eigenvalue weighted by Crippen LogP contribution is 2.47. The Hall–Kier alpha value is -6.50. The summed E-state index contributed by atoms with van der Waals surface area (Å²) in [6, 6.07) is 52.0. The van der Waals surface area contributed by atoms with Crippen molar-refractivity contribution in [3.63, 3.8) is 0 Å². The molecule has 1 N–H and O–H groups in total. The van der Waals surface area contributed by atoms with Crippen molar-refractivity contribution < 1.29 is 28.8 Å². The fourth-order valence-corrected chi connectivity index (χ4v) is 12.1. The second-order valence-electron chi connectivity index (χ2n) is 21.4. The summed E-state index contributed by atoms with van der Waals surface area (Å²) in [5, 5.41) is 10.4. The molecule has 6 heteroatoms. The minimum atomic E-state index is -0.346. The summed E-state index contributed by atoms with van der Waals surface area (Å²) in [6.45, 7) is 11.3. The molecule has 2 saturated carbocycles. The Bertz CT molecular complexity index is 2780. The van der Waals surface area contributed by atoms with Crippen LogP contribution in [0, 0.1) is 13.8 Å². The van der Waals surface area contributed by atoms with E-state index < -0.39 is 0 Å². The van der Waals surface area contributed by atoms with Crippen molar-refractivity contribution in [2.45, 2.75) is 134 Å². The third-order valence-electron chi connectivity index (χ3n) is 16.8. The maximum absolute atomic E-state index is 10.4. The van der Waals surface area contributed by atoms with E-state index in [9.17, 15) is 5.11 Å². The molecular formula is C68H80O6. The SMILES string of the molecule is COc1cc(C)c(C(c2cc(C3CCCCC3)c(CO)cc2C)c2ccccc2OC)cc1C1CCCCC1.COc1ccc(C(C)(C)c2ccc(C(C)(c3ccc(OC)cc3)c3ccc(OC)cc3)cc2)cc1. The topological polar surface area (TPSA) is 66.4 Å². The van der Waals surface area contributed by atoms with Crippen molar-refractivity contribution in [1.29, 1.82) is 0 Å². The molecule has 9 rings (SSSR count). The minimum Gasteiger partial charge on any atom is -0.497 e. The number of aliphatic hydroxyl groups excluding tert-OH is 1. The quantitative estimate of drug-likeness (QED) is 0.0973. The standard InChI is InChI=1S/C36H46O3.C32H34O3/c1-24-19-28(23-37)32(26-13-7-5-8-14-26)21-30(24)36(29-17-11-12-18-34(29)38-3)31-22-33(27-15-9-6-10-16-27)35(39-4)20-25(31)2;1-31(2,24-11-17-28(33-4)18-12-24)23-7-9-25(10-8-23)32(3,26-13-19-29(34-5)20-14-26)27-15-21-30(35-6)22-16-27/h11-12,17-22,26-27,36-37H,5-10,13-16,23H2,1-4H3;7-22H,1-6H3. The lowest BCUT2D eigenvalue weighted by Crippen LogP contribution is -2.26. The maximum atomic E-state index is 10.4. The van der Waals surface area contributed by atoms with Gasteiger partial charge in [0.25, 0.3) is 0 Å². The van der Waals surface area contributed by atoms with E-state index in [0.717, 1.165) is 34.3 Å². The molecule has 0 spiro atoms. The zero-order valence-corrected chi connectivity index (χ0v) is 45.9. The number of ether oxygens (including phenoxy) is 5. The van der Waals surface area contributed by atoms with Crippen molar-refractivity contribution in [2.24, 2.45) is 0 Å². The van der Waals surface area contributed by atoms with Crippen molar-refractivity contribution in [3.8, 4) is 28.7 Å². The Labute approximate surface area is 443 Å². The van der Waals surface area contributed by atoms with Crippen LogP contribution >= 0.6 is 0 Å². The van der Waals surface area contributed by atoms with Gasteiger partial charge in [0.15, 0.2) is 0 Å². The normalized spacial score (nSPS) is 14.9. The first-order valence-electron chi connectivity index (χ1n) is 27.0. The van der Waals surface area contributed by atoms with Crippen LogP contribution in [0.5, 0.6) is 28.7 Å². The summed E-state index contributed by atoms with van der Waals surface area (Å²) < 4.78 is 28.1. The molecule has 7 aromatic carbocycles. The van der Waals surface area contributed by atoms with Gasteiger partial charge < -0.3 is 28.8 Å². The van der Waals surface area contributed by atoms with Crippen LogP contribution in [0.3, 0.4) is 0 Å². The molecular weight excluding hydrogens is 913 g/mol. The van der Waals surface area contributed by atoms with Gasteiger partial charge >= 0.3 is 0 Å². The van der Waals surface area contributed by atoms with Gasteiger partial charge in [-0.15, -0.1) is 0 Å². The van der Waals surface area contributed by atoms with Gasteiger partial charge in [-0.05, 0) is 174 Å². The molecule has 0 aromatic heterocycles. The number of aliphatic hydroxyl groups is 1. The lowest BCUT2D eigenvalue weighted by Gasteiger charge is -2.33. The van der Waals surface area contributed by atoms with Gasteiger partial charge in [-0.3, -0.25) is 0 Å². The second-order valence-corrected chi connectivity index (χ2v) is 21.4. The molecule has 6 nitrogen and oxygen atoms in total. The molecule has 0 aliphatic heterocycles. The molecule has 0 bridgehead atoms. The number of benzene rings is 7. The van der Waals surface area contributed by atoms with E-state index in [-0.39, 0.29) is 23.4 Å². The molecule has 2 aliphatic carbocycles. The van der Waals surface area contributed by atoms with Crippen LogP contribution in [0.4, 0.5) is 0 Å².